The zero-order valence-corrected chi connectivity index (χ0v) is 13.8. The number of nitro benzene ring substituents is 1. The number of aromatic nitrogens is 1. The van der Waals surface area contributed by atoms with E-state index >= 15 is 0 Å². The number of alkyl halides is 3. The van der Waals surface area contributed by atoms with Gasteiger partial charge in [0.05, 0.1) is 16.2 Å². The summed E-state index contributed by atoms with van der Waals surface area (Å²) in [5, 5.41) is 10.8. The fraction of sp³-hybridized carbons (Fsp3) is 0.353. The summed E-state index contributed by atoms with van der Waals surface area (Å²) in [6.07, 6.45) is -2.94. The number of pyridine rings is 1. The van der Waals surface area contributed by atoms with E-state index in [4.69, 9.17) is 0 Å². The van der Waals surface area contributed by atoms with E-state index in [-0.39, 0.29) is 5.69 Å². The molecule has 3 rings (SSSR count). The van der Waals surface area contributed by atoms with Crippen molar-refractivity contribution in [1.29, 1.82) is 0 Å². The zero-order chi connectivity index (χ0) is 18.7. The molecule has 0 atom stereocenters. The van der Waals surface area contributed by atoms with Crippen molar-refractivity contribution in [3.8, 4) is 0 Å². The molecule has 0 amide bonds. The lowest BCUT2D eigenvalue weighted by Gasteiger charge is -2.37. The molecule has 1 fully saturated rings. The number of rotatable bonds is 4. The van der Waals surface area contributed by atoms with Crippen molar-refractivity contribution in [2.45, 2.75) is 12.7 Å². The monoisotopic (exact) mass is 366 g/mol. The van der Waals surface area contributed by atoms with Gasteiger partial charge in [0, 0.05) is 56.7 Å². The van der Waals surface area contributed by atoms with Crippen molar-refractivity contribution in [2.75, 3.05) is 31.1 Å². The predicted molar refractivity (Wildman–Crippen MR) is 89.8 cm³/mol. The molecule has 2 aromatic rings. The average Bonchev–Trinajstić information content (AvgIpc) is 2.62. The van der Waals surface area contributed by atoms with Crippen molar-refractivity contribution >= 4 is 11.4 Å². The number of nitrogens with zero attached hydrogens (tertiary/aromatic N) is 4. The molecule has 1 aliphatic heterocycles. The smallest absolute Gasteiger partial charge is 0.368 e. The van der Waals surface area contributed by atoms with Crippen molar-refractivity contribution in [2.24, 2.45) is 0 Å². The van der Waals surface area contributed by atoms with E-state index < -0.39 is 22.4 Å². The van der Waals surface area contributed by atoms with E-state index in [1.165, 1.54) is 6.07 Å². The fourth-order valence-electron chi connectivity index (χ4n) is 3.01. The van der Waals surface area contributed by atoms with E-state index in [1.807, 2.05) is 18.2 Å². The molecule has 26 heavy (non-hydrogen) atoms. The van der Waals surface area contributed by atoms with Gasteiger partial charge in [-0.25, -0.2) is 0 Å². The number of anilines is 1. The van der Waals surface area contributed by atoms with Crippen molar-refractivity contribution in [3.05, 3.63) is 64.0 Å². The second kappa shape index (κ2) is 7.28. The molecule has 0 spiro atoms. The Morgan fingerprint density at radius 2 is 1.85 bits per heavy atom. The maximum absolute atomic E-state index is 13.3. The van der Waals surface area contributed by atoms with Gasteiger partial charge in [0.2, 0.25) is 0 Å². The highest BCUT2D eigenvalue weighted by molar-refractivity contribution is 5.59. The minimum absolute atomic E-state index is 0.0133. The molecule has 0 aliphatic carbocycles. The number of piperazine rings is 1. The van der Waals surface area contributed by atoms with Gasteiger partial charge < -0.3 is 4.90 Å². The summed E-state index contributed by atoms with van der Waals surface area (Å²) in [4.78, 5) is 18.0. The van der Waals surface area contributed by atoms with Crippen LogP contribution in [-0.4, -0.2) is 41.0 Å². The summed E-state index contributed by atoms with van der Waals surface area (Å²) < 4.78 is 40.0. The minimum Gasteiger partial charge on any atom is -0.368 e. The summed E-state index contributed by atoms with van der Waals surface area (Å²) in [6, 6.07) is 8.54. The van der Waals surface area contributed by atoms with E-state index in [9.17, 15) is 23.3 Å². The molecule has 2 heterocycles. The maximum atomic E-state index is 13.3. The number of benzene rings is 1. The van der Waals surface area contributed by atoms with Crippen LogP contribution in [0, 0.1) is 10.1 Å². The first-order valence-corrected chi connectivity index (χ1v) is 8.07. The van der Waals surface area contributed by atoms with Crippen LogP contribution >= 0.6 is 0 Å². The molecule has 0 radical (unpaired) electrons. The molecule has 9 heteroatoms. The van der Waals surface area contributed by atoms with Crippen molar-refractivity contribution in [3.63, 3.8) is 0 Å². The molecular formula is C17H17F3N4O2. The summed E-state index contributed by atoms with van der Waals surface area (Å²) in [5.41, 5.74) is -0.632. The lowest BCUT2D eigenvalue weighted by atomic mass is 10.1. The Morgan fingerprint density at radius 3 is 2.42 bits per heavy atom. The zero-order valence-electron chi connectivity index (χ0n) is 13.8. The molecule has 6 nitrogen and oxygen atoms in total. The van der Waals surface area contributed by atoms with Crippen LogP contribution in [0.4, 0.5) is 24.5 Å². The molecule has 1 aromatic heterocycles. The average molecular weight is 366 g/mol. The first-order valence-electron chi connectivity index (χ1n) is 8.07. The Hall–Kier alpha value is -2.68. The Kier molecular flexibility index (Phi) is 5.08. The van der Waals surface area contributed by atoms with Gasteiger partial charge in [-0.2, -0.15) is 13.2 Å². The van der Waals surface area contributed by atoms with Gasteiger partial charge in [-0.05, 0) is 18.2 Å². The van der Waals surface area contributed by atoms with E-state index in [0.717, 1.165) is 11.8 Å². The molecule has 1 aliphatic rings. The molecular weight excluding hydrogens is 349 g/mol. The number of halogens is 3. The van der Waals surface area contributed by atoms with E-state index in [2.05, 4.69) is 9.88 Å². The highest BCUT2D eigenvalue weighted by Gasteiger charge is 2.37. The minimum atomic E-state index is -4.65. The standard InChI is InChI=1S/C17H17F3N4O2/c18-17(19,20)15-11-14(24(25)26)4-5-16(15)23-9-7-22(8-10-23)12-13-3-1-2-6-21-13/h1-6,11H,7-10,12H2. The maximum Gasteiger partial charge on any atom is 0.418 e. The van der Waals surface area contributed by atoms with Gasteiger partial charge >= 0.3 is 6.18 Å². The molecule has 0 unspecified atom stereocenters. The SMILES string of the molecule is O=[N+]([O-])c1ccc(N2CCN(Cc3ccccn3)CC2)c(C(F)(F)F)c1. The Morgan fingerprint density at radius 1 is 1.12 bits per heavy atom. The largest absolute Gasteiger partial charge is 0.418 e. The third kappa shape index (κ3) is 4.10. The summed E-state index contributed by atoms with van der Waals surface area (Å²) in [5.74, 6) is 0. The number of non-ortho nitro benzene ring substituents is 1. The summed E-state index contributed by atoms with van der Waals surface area (Å²) in [6.45, 7) is 2.64. The third-order valence-electron chi connectivity index (χ3n) is 4.32. The van der Waals surface area contributed by atoms with Gasteiger partial charge in [-0.15, -0.1) is 0 Å². The van der Waals surface area contributed by atoms with Crippen LogP contribution in [0.2, 0.25) is 0 Å². The molecule has 0 bridgehead atoms. The number of hydrogen-bond acceptors (Lipinski definition) is 5. The van der Waals surface area contributed by atoms with Crippen LogP contribution in [0.25, 0.3) is 0 Å². The second-order valence-corrected chi connectivity index (χ2v) is 6.04. The van der Waals surface area contributed by atoms with Crippen LogP contribution < -0.4 is 4.90 Å². The van der Waals surface area contributed by atoms with Crippen LogP contribution in [0.15, 0.2) is 42.6 Å². The first-order chi connectivity index (χ1) is 12.3. The van der Waals surface area contributed by atoms with Crippen molar-refractivity contribution in [1.82, 2.24) is 9.88 Å². The highest BCUT2D eigenvalue weighted by Crippen LogP contribution is 2.39. The van der Waals surface area contributed by atoms with Gasteiger partial charge in [-0.3, -0.25) is 20.0 Å². The van der Waals surface area contributed by atoms with Gasteiger partial charge in [0.25, 0.3) is 5.69 Å². The molecule has 0 saturated carbocycles. The van der Waals surface area contributed by atoms with Crippen LogP contribution in [-0.2, 0) is 12.7 Å². The van der Waals surface area contributed by atoms with Gasteiger partial charge in [0.15, 0.2) is 0 Å². The predicted octanol–water partition coefficient (Wildman–Crippen LogP) is 3.33. The topological polar surface area (TPSA) is 62.5 Å². The highest BCUT2D eigenvalue weighted by atomic mass is 19.4. The first kappa shape index (κ1) is 18.1. The van der Waals surface area contributed by atoms with Crippen molar-refractivity contribution < 1.29 is 18.1 Å². The fourth-order valence-corrected chi connectivity index (χ4v) is 3.01. The quantitative estimate of drug-likeness (QED) is 0.614. The van der Waals surface area contributed by atoms with Gasteiger partial charge in [-0.1, -0.05) is 6.07 Å². The van der Waals surface area contributed by atoms with Crippen LogP contribution in [0.3, 0.4) is 0 Å². The van der Waals surface area contributed by atoms with E-state index in [1.54, 1.807) is 11.1 Å². The normalized spacial score (nSPS) is 15.9. The summed E-state index contributed by atoms with van der Waals surface area (Å²) in [7, 11) is 0. The third-order valence-corrected chi connectivity index (χ3v) is 4.32. The Bertz CT molecular complexity index is 775. The molecule has 1 aromatic carbocycles. The van der Waals surface area contributed by atoms with E-state index in [0.29, 0.717) is 38.8 Å². The van der Waals surface area contributed by atoms with Crippen LogP contribution in [0.1, 0.15) is 11.3 Å². The molecule has 0 N–H and O–H groups in total. The number of hydrogen-bond donors (Lipinski definition) is 0. The second-order valence-electron chi connectivity index (χ2n) is 6.04. The molecule has 1 saturated heterocycles. The van der Waals surface area contributed by atoms with Gasteiger partial charge in [0.1, 0.15) is 0 Å². The van der Waals surface area contributed by atoms with Crippen LogP contribution in [0.5, 0.6) is 0 Å². The molecule has 138 valence electrons. The summed E-state index contributed by atoms with van der Waals surface area (Å²) >= 11 is 0. The lowest BCUT2D eigenvalue weighted by molar-refractivity contribution is -0.385. The number of nitro groups is 1. The Balaban J connectivity index is 1.73. The lowest BCUT2D eigenvalue weighted by Crippen LogP contribution is -2.46. The Labute approximate surface area is 148 Å².